The highest BCUT2D eigenvalue weighted by atomic mass is 16.5. The fraction of sp³-hybridized carbons (Fsp3) is 0.429. The van der Waals surface area contributed by atoms with Gasteiger partial charge < -0.3 is 19.6 Å². The molecule has 0 aliphatic heterocycles. The van der Waals surface area contributed by atoms with Crippen molar-refractivity contribution in [3.63, 3.8) is 0 Å². The minimum atomic E-state index is -0.784. The number of benzene rings is 1. The van der Waals surface area contributed by atoms with Crippen LogP contribution >= 0.6 is 0 Å². The summed E-state index contributed by atoms with van der Waals surface area (Å²) in [6, 6.07) is 11.6. The fourth-order valence-corrected chi connectivity index (χ4v) is 3.57. The second-order valence-electron chi connectivity index (χ2n) is 6.96. The number of likely N-dealkylation sites (N-methyl/N-ethyl adjacent to an activating group) is 1. The second-order valence-corrected chi connectivity index (χ2v) is 6.96. The van der Waals surface area contributed by atoms with E-state index in [1.807, 2.05) is 36.1 Å². The maximum absolute atomic E-state index is 11.9. The van der Waals surface area contributed by atoms with Crippen LogP contribution in [0.4, 0.5) is 0 Å². The fourth-order valence-electron chi connectivity index (χ4n) is 3.57. The first-order valence-corrected chi connectivity index (χ1v) is 9.47. The number of hydrogen-bond acceptors (Lipinski definition) is 6. The Labute approximate surface area is 164 Å². The largest absolute Gasteiger partial charge is 0.480 e. The van der Waals surface area contributed by atoms with Crippen LogP contribution in [0, 0.1) is 0 Å². The van der Waals surface area contributed by atoms with Crippen molar-refractivity contribution in [1.29, 1.82) is 0 Å². The first kappa shape index (κ1) is 20.1. The number of carbonyl (C=O) groups excluding carboxylic acids is 1. The van der Waals surface area contributed by atoms with Gasteiger partial charge in [0.05, 0.1) is 25.8 Å². The lowest BCUT2D eigenvalue weighted by atomic mass is 9.85. The van der Waals surface area contributed by atoms with E-state index >= 15 is 0 Å². The molecule has 2 N–H and O–H groups in total. The van der Waals surface area contributed by atoms with E-state index in [0.717, 1.165) is 25.1 Å². The van der Waals surface area contributed by atoms with Gasteiger partial charge in [-0.05, 0) is 37.6 Å². The molecule has 0 atom stereocenters. The minimum absolute atomic E-state index is 0.0923. The maximum Gasteiger partial charge on any atom is 0.338 e. The number of aliphatic carboxylic acids is 1. The molecule has 1 fully saturated rings. The van der Waals surface area contributed by atoms with Crippen LogP contribution in [0.25, 0.3) is 11.3 Å². The summed E-state index contributed by atoms with van der Waals surface area (Å²) in [5, 5.41) is 12.4. The first-order chi connectivity index (χ1) is 13.5. The summed E-state index contributed by atoms with van der Waals surface area (Å²) < 4.78 is 10.7. The predicted octanol–water partition coefficient (Wildman–Crippen LogP) is 2.76. The number of carboxylic acid groups (broad SMARTS) is 1. The summed E-state index contributed by atoms with van der Waals surface area (Å²) in [6.07, 6.45) is 1.86. The van der Waals surface area contributed by atoms with Crippen LogP contribution in [0.2, 0.25) is 0 Å². The summed E-state index contributed by atoms with van der Waals surface area (Å²) in [5.74, 6) is 0.238. The molecular weight excluding hydrogens is 360 g/mol. The molecule has 0 bridgehead atoms. The van der Waals surface area contributed by atoms with Gasteiger partial charge in [0, 0.05) is 17.6 Å². The highest BCUT2D eigenvalue weighted by Crippen LogP contribution is 2.28. The number of nitrogens with one attached hydrogen (secondary N) is 1. The van der Waals surface area contributed by atoms with Crippen LogP contribution in [-0.2, 0) is 16.1 Å². The summed E-state index contributed by atoms with van der Waals surface area (Å²) in [6.45, 7) is 3.41. The summed E-state index contributed by atoms with van der Waals surface area (Å²) in [7, 11) is 1.36. The van der Waals surface area contributed by atoms with Gasteiger partial charge in [-0.1, -0.05) is 25.1 Å². The molecule has 1 aliphatic carbocycles. The van der Waals surface area contributed by atoms with E-state index in [9.17, 15) is 9.59 Å². The number of ether oxygens (including phenoxy) is 1. The molecule has 7 nitrogen and oxygen atoms in total. The monoisotopic (exact) mass is 386 g/mol. The molecular formula is C21H26N2O5. The molecule has 1 aliphatic rings. The molecule has 2 aromatic rings. The van der Waals surface area contributed by atoms with Crippen LogP contribution in [-0.4, -0.2) is 54.2 Å². The number of hydrogen-bond donors (Lipinski definition) is 2. The SMILES string of the molecule is CCN(CC(=O)O)C1CC(NCc2ccc(-c3ccccc3C(=O)OC)o2)C1. The average Bonchev–Trinajstić information content (AvgIpc) is 3.13. The van der Waals surface area contributed by atoms with Crippen molar-refractivity contribution in [2.24, 2.45) is 0 Å². The molecule has 0 spiro atoms. The number of methoxy groups -OCH3 is 1. The van der Waals surface area contributed by atoms with Crippen molar-refractivity contribution in [2.75, 3.05) is 20.2 Å². The van der Waals surface area contributed by atoms with Gasteiger partial charge in [0.2, 0.25) is 0 Å². The van der Waals surface area contributed by atoms with Gasteiger partial charge >= 0.3 is 11.9 Å². The molecule has 0 saturated heterocycles. The number of furan rings is 1. The molecule has 150 valence electrons. The van der Waals surface area contributed by atoms with E-state index in [-0.39, 0.29) is 6.54 Å². The third kappa shape index (κ3) is 4.61. The van der Waals surface area contributed by atoms with Crippen molar-refractivity contribution in [1.82, 2.24) is 10.2 Å². The summed E-state index contributed by atoms with van der Waals surface area (Å²) in [4.78, 5) is 24.8. The van der Waals surface area contributed by atoms with Crippen LogP contribution in [0.1, 0.15) is 35.9 Å². The summed E-state index contributed by atoms with van der Waals surface area (Å²) in [5.41, 5.74) is 1.18. The molecule has 1 aromatic carbocycles. The Morgan fingerprint density at radius 3 is 2.68 bits per heavy atom. The zero-order valence-electron chi connectivity index (χ0n) is 16.2. The lowest BCUT2D eigenvalue weighted by Crippen LogP contribution is -2.53. The van der Waals surface area contributed by atoms with Gasteiger partial charge in [0.25, 0.3) is 0 Å². The third-order valence-electron chi connectivity index (χ3n) is 5.20. The predicted molar refractivity (Wildman–Crippen MR) is 104 cm³/mol. The Morgan fingerprint density at radius 1 is 1.25 bits per heavy atom. The van der Waals surface area contributed by atoms with Crippen molar-refractivity contribution < 1.29 is 23.8 Å². The molecule has 28 heavy (non-hydrogen) atoms. The standard InChI is InChI=1S/C21H26N2O5/c1-3-23(13-20(24)25)15-10-14(11-15)22-12-16-8-9-19(28-16)17-6-4-5-7-18(17)21(26)27-2/h4-9,14-15,22H,3,10-13H2,1-2H3,(H,24,25). The van der Waals surface area contributed by atoms with Gasteiger partial charge in [0.1, 0.15) is 11.5 Å². The van der Waals surface area contributed by atoms with Crippen LogP contribution in [0.5, 0.6) is 0 Å². The van der Waals surface area contributed by atoms with Gasteiger partial charge in [-0.15, -0.1) is 0 Å². The van der Waals surface area contributed by atoms with E-state index in [1.54, 1.807) is 12.1 Å². The van der Waals surface area contributed by atoms with Gasteiger partial charge in [0.15, 0.2) is 0 Å². The van der Waals surface area contributed by atoms with Crippen LogP contribution in [0.15, 0.2) is 40.8 Å². The second kappa shape index (κ2) is 9.03. The molecule has 0 amide bonds. The lowest BCUT2D eigenvalue weighted by molar-refractivity contribution is -0.139. The van der Waals surface area contributed by atoms with Crippen molar-refractivity contribution in [3.05, 3.63) is 47.7 Å². The highest BCUT2D eigenvalue weighted by molar-refractivity contribution is 5.96. The Balaban J connectivity index is 1.54. The third-order valence-corrected chi connectivity index (χ3v) is 5.20. The molecule has 1 heterocycles. The lowest BCUT2D eigenvalue weighted by Gasteiger charge is -2.42. The highest BCUT2D eigenvalue weighted by Gasteiger charge is 2.33. The van der Waals surface area contributed by atoms with Crippen LogP contribution < -0.4 is 5.32 Å². The molecule has 0 unspecified atom stereocenters. The van der Waals surface area contributed by atoms with Gasteiger partial charge in [-0.3, -0.25) is 9.69 Å². The normalized spacial score (nSPS) is 18.7. The van der Waals surface area contributed by atoms with E-state index in [4.69, 9.17) is 14.3 Å². The number of nitrogens with zero attached hydrogens (tertiary/aromatic N) is 1. The number of esters is 1. The van der Waals surface area contributed by atoms with E-state index in [0.29, 0.717) is 35.5 Å². The van der Waals surface area contributed by atoms with Crippen LogP contribution in [0.3, 0.4) is 0 Å². The zero-order chi connectivity index (χ0) is 20.1. The van der Waals surface area contributed by atoms with E-state index in [1.165, 1.54) is 7.11 Å². The average molecular weight is 386 g/mol. The first-order valence-electron chi connectivity index (χ1n) is 9.47. The number of carboxylic acids is 1. The smallest absolute Gasteiger partial charge is 0.338 e. The number of carbonyl (C=O) groups is 2. The van der Waals surface area contributed by atoms with Crippen molar-refractivity contribution >= 4 is 11.9 Å². The Bertz CT molecular complexity index is 826. The van der Waals surface area contributed by atoms with Crippen molar-refractivity contribution in [2.45, 2.75) is 38.4 Å². The molecule has 0 radical (unpaired) electrons. The Morgan fingerprint density at radius 2 is 2.00 bits per heavy atom. The topological polar surface area (TPSA) is 92.0 Å². The maximum atomic E-state index is 11.9. The molecule has 3 rings (SSSR count). The number of rotatable bonds is 9. The Hall–Kier alpha value is -2.64. The molecule has 7 heteroatoms. The van der Waals surface area contributed by atoms with E-state index in [2.05, 4.69) is 5.32 Å². The quantitative estimate of drug-likeness (QED) is 0.640. The van der Waals surface area contributed by atoms with Crippen molar-refractivity contribution in [3.8, 4) is 11.3 Å². The minimum Gasteiger partial charge on any atom is -0.480 e. The van der Waals surface area contributed by atoms with E-state index < -0.39 is 11.9 Å². The molecule has 1 aromatic heterocycles. The zero-order valence-corrected chi connectivity index (χ0v) is 16.2. The summed E-state index contributed by atoms with van der Waals surface area (Å²) >= 11 is 0. The van der Waals surface area contributed by atoms with Gasteiger partial charge in [-0.25, -0.2) is 4.79 Å². The van der Waals surface area contributed by atoms with Gasteiger partial charge in [-0.2, -0.15) is 0 Å². The Kier molecular flexibility index (Phi) is 6.49. The molecule has 1 saturated carbocycles.